The average Bonchev–Trinajstić information content (AvgIpc) is 3.40. The zero-order valence-corrected chi connectivity index (χ0v) is 13.2. The number of amides is 1. The number of nitrogens with one attached hydrogen (secondary N) is 1. The highest BCUT2D eigenvalue weighted by molar-refractivity contribution is 5.83. The number of carbonyl (C=O) groups excluding carboxylic acids is 1. The van der Waals surface area contributed by atoms with Gasteiger partial charge in [-0.3, -0.25) is 9.78 Å². The van der Waals surface area contributed by atoms with Crippen LogP contribution in [-0.4, -0.2) is 22.6 Å². The first-order valence-electron chi connectivity index (χ1n) is 7.89. The highest BCUT2D eigenvalue weighted by atomic mass is 19.4. The largest absolute Gasteiger partial charge is 0.433 e. The number of nitrogens with zero attached hydrogens (tertiary/aromatic N) is 1. The molecule has 0 saturated heterocycles. The second kappa shape index (κ2) is 6.84. The molecule has 0 bridgehead atoms. The molecule has 3 rings (SSSR count). The van der Waals surface area contributed by atoms with Crippen molar-refractivity contribution < 1.29 is 23.1 Å². The standard InChI is InChI=1S/C18H17F3N2O2/c19-18(20,21)16-7-6-12(9-22-16)15(10-24)23-17(25)14-8-13(14)11-4-2-1-3-5-11/h1-7,9,13-15,24H,8,10H2,(H,23,25)/t13-,14+,15?/m1/s1. The number of carbonyl (C=O) groups is 1. The lowest BCUT2D eigenvalue weighted by atomic mass is 10.1. The molecule has 1 heterocycles. The van der Waals surface area contributed by atoms with Crippen molar-refractivity contribution in [1.82, 2.24) is 10.3 Å². The normalized spacial score (nSPS) is 20.8. The Labute approximate surface area is 142 Å². The monoisotopic (exact) mass is 350 g/mol. The third-order valence-corrected chi connectivity index (χ3v) is 4.33. The molecule has 132 valence electrons. The Balaban J connectivity index is 1.64. The van der Waals surface area contributed by atoms with Gasteiger partial charge in [-0.15, -0.1) is 0 Å². The summed E-state index contributed by atoms with van der Waals surface area (Å²) in [6.45, 7) is -0.415. The number of pyridine rings is 1. The summed E-state index contributed by atoms with van der Waals surface area (Å²) in [6, 6.07) is 10.9. The van der Waals surface area contributed by atoms with Crippen LogP contribution >= 0.6 is 0 Å². The van der Waals surface area contributed by atoms with Crippen LogP contribution in [0.2, 0.25) is 0 Å². The smallest absolute Gasteiger partial charge is 0.394 e. The Morgan fingerprint density at radius 3 is 2.52 bits per heavy atom. The van der Waals surface area contributed by atoms with E-state index in [1.54, 1.807) is 0 Å². The molecular weight excluding hydrogens is 333 g/mol. The van der Waals surface area contributed by atoms with Crippen molar-refractivity contribution in [3.63, 3.8) is 0 Å². The molecule has 1 amide bonds. The number of rotatable bonds is 5. The van der Waals surface area contributed by atoms with Crippen LogP contribution in [0, 0.1) is 5.92 Å². The van der Waals surface area contributed by atoms with Gasteiger partial charge in [0.1, 0.15) is 5.69 Å². The average molecular weight is 350 g/mol. The predicted octanol–water partition coefficient (Wildman–Crippen LogP) is 3.05. The van der Waals surface area contributed by atoms with Crippen LogP contribution in [0.15, 0.2) is 48.7 Å². The van der Waals surface area contributed by atoms with E-state index in [-0.39, 0.29) is 17.7 Å². The van der Waals surface area contributed by atoms with Gasteiger partial charge in [-0.2, -0.15) is 13.2 Å². The summed E-state index contributed by atoms with van der Waals surface area (Å²) >= 11 is 0. The molecule has 1 aromatic heterocycles. The van der Waals surface area contributed by atoms with Crippen LogP contribution < -0.4 is 5.32 Å². The van der Waals surface area contributed by atoms with Crippen molar-refractivity contribution >= 4 is 5.91 Å². The number of aliphatic hydroxyl groups is 1. The summed E-state index contributed by atoms with van der Waals surface area (Å²) in [7, 11) is 0. The van der Waals surface area contributed by atoms with E-state index in [1.165, 1.54) is 6.07 Å². The Bertz CT molecular complexity index is 732. The minimum Gasteiger partial charge on any atom is -0.394 e. The van der Waals surface area contributed by atoms with Crippen LogP contribution in [0.5, 0.6) is 0 Å². The third kappa shape index (κ3) is 3.99. The molecule has 2 N–H and O–H groups in total. The van der Waals surface area contributed by atoms with E-state index in [1.807, 2.05) is 30.3 Å². The maximum Gasteiger partial charge on any atom is 0.433 e. The molecule has 1 saturated carbocycles. The summed E-state index contributed by atoms with van der Waals surface area (Å²) in [5, 5.41) is 12.2. The third-order valence-electron chi connectivity index (χ3n) is 4.33. The molecule has 0 radical (unpaired) electrons. The molecule has 1 aliphatic carbocycles. The SMILES string of the molecule is O=C(NC(CO)c1ccc(C(F)(F)F)nc1)[C@H]1C[C@@H]1c1ccccc1. The molecule has 7 heteroatoms. The van der Waals surface area contributed by atoms with Crippen molar-refractivity contribution in [3.05, 3.63) is 65.5 Å². The fraction of sp³-hybridized carbons (Fsp3) is 0.333. The Morgan fingerprint density at radius 2 is 1.96 bits per heavy atom. The van der Waals surface area contributed by atoms with Gasteiger partial charge in [0.2, 0.25) is 5.91 Å². The van der Waals surface area contributed by atoms with Crippen LogP contribution in [-0.2, 0) is 11.0 Å². The van der Waals surface area contributed by atoms with Crippen LogP contribution in [0.25, 0.3) is 0 Å². The Kier molecular flexibility index (Phi) is 4.76. The summed E-state index contributed by atoms with van der Waals surface area (Å²) in [6.07, 6.45) is -2.77. The van der Waals surface area contributed by atoms with E-state index in [9.17, 15) is 23.1 Å². The zero-order valence-electron chi connectivity index (χ0n) is 13.2. The van der Waals surface area contributed by atoms with Crippen LogP contribution in [0.1, 0.15) is 35.2 Å². The quantitative estimate of drug-likeness (QED) is 0.871. The number of alkyl halides is 3. The molecule has 1 fully saturated rings. The number of aromatic nitrogens is 1. The lowest BCUT2D eigenvalue weighted by Gasteiger charge is -2.17. The summed E-state index contributed by atoms with van der Waals surface area (Å²) < 4.78 is 37.6. The number of hydrogen-bond donors (Lipinski definition) is 2. The lowest BCUT2D eigenvalue weighted by Crippen LogP contribution is -2.32. The van der Waals surface area contributed by atoms with Gasteiger partial charge in [-0.1, -0.05) is 36.4 Å². The van der Waals surface area contributed by atoms with E-state index >= 15 is 0 Å². The molecule has 0 spiro atoms. The topological polar surface area (TPSA) is 62.2 Å². The highest BCUT2D eigenvalue weighted by Crippen LogP contribution is 2.47. The van der Waals surface area contributed by atoms with Gasteiger partial charge in [-0.05, 0) is 29.5 Å². The zero-order chi connectivity index (χ0) is 18.0. The second-order valence-electron chi connectivity index (χ2n) is 6.08. The first kappa shape index (κ1) is 17.4. The minimum atomic E-state index is -4.52. The fourth-order valence-electron chi connectivity index (χ4n) is 2.85. The maximum absolute atomic E-state index is 12.5. The first-order chi connectivity index (χ1) is 11.9. The van der Waals surface area contributed by atoms with Gasteiger partial charge in [0.15, 0.2) is 0 Å². The van der Waals surface area contributed by atoms with Crippen molar-refractivity contribution in [1.29, 1.82) is 0 Å². The van der Waals surface area contributed by atoms with Crippen molar-refractivity contribution in [2.24, 2.45) is 5.92 Å². The number of halogens is 3. The Hall–Kier alpha value is -2.41. The van der Waals surface area contributed by atoms with Gasteiger partial charge in [-0.25, -0.2) is 0 Å². The first-order valence-corrected chi connectivity index (χ1v) is 7.89. The van der Waals surface area contributed by atoms with Crippen molar-refractivity contribution in [3.8, 4) is 0 Å². The molecule has 1 aromatic carbocycles. The van der Waals surface area contributed by atoms with Crippen molar-refractivity contribution in [2.45, 2.75) is 24.6 Å². The van der Waals surface area contributed by atoms with Crippen LogP contribution in [0.3, 0.4) is 0 Å². The van der Waals surface area contributed by atoms with Crippen LogP contribution in [0.4, 0.5) is 13.2 Å². The summed E-state index contributed by atoms with van der Waals surface area (Å²) in [4.78, 5) is 15.7. The molecule has 25 heavy (non-hydrogen) atoms. The van der Waals surface area contributed by atoms with Gasteiger partial charge in [0.05, 0.1) is 12.6 Å². The van der Waals surface area contributed by atoms with Gasteiger partial charge < -0.3 is 10.4 Å². The summed E-state index contributed by atoms with van der Waals surface area (Å²) in [5.41, 5.74) is 0.408. The predicted molar refractivity (Wildman–Crippen MR) is 84.5 cm³/mol. The lowest BCUT2D eigenvalue weighted by molar-refractivity contribution is -0.141. The van der Waals surface area contributed by atoms with Gasteiger partial charge in [0, 0.05) is 12.1 Å². The molecular formula is C18H17F3N2O2. The second-order valence-corrected chi connectivity index (χ2v) is 6.08. The molecule has 4 nitrogen and oxygen atoms in total. The van der Waals surface area contributed by atoms with Crippen molar-refractivity contribution in [2.75, 3.05) is 6.61 Å². The number of hydrogen-bond acceptors (Lipinski definition) is 3. The van der Waals surface area contributed by atoms with Gasteiger partial charge >= 0.3 is 6.18 Å². The van der Waals surface area contributed by atoms with E-state index in [2.05, 4.69) is 10.3 Å². The van der Waals surface area contributed by atoms with Gasteiger partial charge in [0.25, 0.3) is 0 Å². The molecule has 1 aliphatic rings. The fourth-order valence-corrected chi connectivity index (χ4v) is 2.85. The molecule has 0 aliphatic heterocycles. The minimum absolute atomic E-state index is 0.145. The Morgan fingerprint density at radius 1 is 1.24 bits per heavy atom. The van der Waals surface area contributed by atoms with E-state index in [0.717, 1.165) is 24.2 Å². The highest BCUT2D eigenvalue weighted by Gasteiger charge is 2.44. The molecule has 2 aromatic rings. The van der Waals surface area contributed by atoms with E-state index < -0.39 is 24.5 Å². The number of benzene rings is 1. The maximum atomic E-state index is 12.5. The molecule has 1 unspecified atom stereocenters. The number of aliphatic hydroxyl groups excluding tert-OH is 1. The van der Waals surface area contributed by atoms with E-state index in [4.69, 9.17) is 0 Å². The molecule has 3 atom stereocenters. The van der Waals surface area contributed by atoms with E-state index in [0.29, 0.717) is 5.56 Å². The summed E-state index contributed by atoms with van der Waals surface area (Å²) in [5.74, 6) is -0.252.